The van der Waals surface area contributed by atoms with E-state index in [1.165, 1.54) is 18.2 Å². The van der Waals surface area contributed by atoms with Crippen molar-refractivity contribution in [1.29, 1.82) is 0 Å². The number of piperidine rings is 1. The van der Waals surface area contributed by atoms with Crippen molar-refractivity contribution in [2.24, 2.45) is 5.92 Å². The molecule has 3 rings (SSSR count). The highest BCUT2D eigenvalue weighted by atomic mass is 16.4. The van der Waals surface area contributed by atoms with Crippen molar-refractivity contribution < 1.29 is 19.5 Å². The van der Waals surface area contributed by atoms with Gasteiger partial charge in [0.05, 0.1) is 0 Å². The average Bonchev–Trinajstić information content (AvgIpc) is 3.17. The van der Waals surface area contributed by atoms with Crippen LogP contribution >= 0.6 is 0 Å². The number of carboxylic acid groups (broad SMARTS) is 1. The Morgan fingerprint density at radius 3 is 2.28 bits per heavy atom. The van der Waals surface area contributed by atoms with Gasteiger partial charge in [-0.3, -0.25) is 9.59 Å². The van der Waals surface area contributed by atoms with Gasteiger partial charge in [0.2, 0.25) is 5.91 Å². The Morgan fingerprint density at radius 2 is 1.64 bits per heavy atom. The summed E-state index contributed by atoms with van der Waals surface area (Å²) in [6.07, 6.45) is 4.35. The Hall–Kier alpha value is -2.44. The molecule has 1 aromatic heterocycles. The first kappa shape index (κ1) is 17.4. The molecule has 134 valence electrons. The molecule has 7 heteroatoms. The first-order valence-electron chi connectivity index (χ1n) is 8.82. The van der Waals surface area contributed by atoms with Crippen molar-refractivity contribution >= 4 is 17.8 Å². The molecule has 0 unspecified atom stereocenters. The SMILES string of the molecule is O=C(O)c1cccc(C(=O)N2CCC(CC(=O)N3CCCC3)CC2)n1. The number of amides is 2. The number of hydrogen-bond acceptors (Lipinski definition) is 4. The van der Waals surface area contributed by atoms with E-state index in [0.717, 1.165) is 38.8 Å². The monoisotopic (exact) mass is 345 g/mol. The number of hydrogen-bond donors (Lipinski definition) is 1. The van der Waals surface area contributed by atoms with E-state index in [1.54, 1.807) is 4.90 Å². The summed E-state index contributed by atoms with van der Waals surface area (Å²) in [4.78, 5) is 43.3. The molecule has 2 saturated heterocycles. The van der Waals surface area contributed by atoms with E-state index in [-0.39, 0.29) is 23.2 Å². The minimum absolute atomic E-state index is 0.128. The number of aromatic nitrogens is 1. The second-order valence-electron chi connectivity index (χ2n) is 6.74. The van der Waals surface area contributed by atoms with E-state index in [0.29, 0.717) is 25.4 Å². The lowest BCUT2D eigenvalue weighted by Gasteiger charge is -2.32. The van der Waals surface area contributed by atoms with Gasteiger partial charge in [-0.1, -0.05) is 6.07 Å². The van der Waals surface area contributed by atoms with Crippen LogP contribution in [0.1, 0.15) is 53.1 Å². The molecule has 2 amide bonds. The van der Waals surface area contributed by atoms with E-state index in [9.17, 15) is 14.4 Å². The van der Waals surface area contributed by atoms with Gasteiger partial charge in [-0.25, -0.2) is 9.78 Å². The first-order chi connectivity index (χ1) is 12.0. The Balaban J connectivity index is 1.53. The van der Waals surface area contributed by atoms with E-state index in [1.807, 2.05) is 4.90 Å². The molecule has 2 fully saturated rings. The third-order valence-electron chi connectivity index (χ3n) is 5.01. The summed E-state index contributed by atoms with van der Waals surface area (Å²) in [6.45, 7) is 2.91. The molecular weight excluding hydrogens is 322 g/mol. The van der Waals surface area contributed by atoms with Gasteiger partial charge in [0.15, 0.2) is 0 Å². The Kier molecular flexibility index (Phi) is 5.31. The van der Waals surface area contributed by atoms with Crippen LogP contribution in [0.4, 0.5) is 0 Å². The molecule has 3 heterocycles. The number of carbonyl (C=O) groups is 3. The topological polar surface area (TPSA) is 90.8 Å². The van der Waals surface area contributed by atoms with Crippen molar-refractivity contribution in [2.75, 3.05) is 26.2 Å². The van der Waals surface area contributed by atoms with Crippen molar-refractivity contribution in [3.8, 4) is 0 Å². The largest absolute Gasteiger partial charge is 0.477 e. The second kappa shape index (κ2) is 7.63. The summed E-state index contributed by atoms with van der Waals surface area (Å²) in [6, 6.07) is 4.44. The smallest absolute Gasteiger partial charge is 0.354 e. The molecule has 0 bridgehead atoms. The Labute approximate surface area is 146 Å². The minimum Gasteiger partial charge on any atom is -0.477 e. The van der Waals surface area contributed by atoms with Crippen molar-refractivity contribution in [3.05, 3.63) is 29.6 Å². The molecule has 1 aromatic rings. The Morgan fingerprint density at radius 1 is 1.00 bits per heavy atom. The number of aromatic carboxylic acids is 1. The number of nitrogens with zero attached hydrogens (tertiary/aromatic N) is 3. The summed E-state index contributed by atoms with van der Waals surface area (Å²) >= 11 is 0. The third kappa shape index (κ3) is 4.15. The van der Waals surface area contributed by atoms with Gasteiger partial charge in [0.25, 0.3) is 5.91 Å². The highest BCUT2D eigenvalue weighted by Crippen LogP contribution is 2.23. The van der Waals surface area contributed by atoms with Crippen LogP contribution in [0.15, 0.2) is 18.2 Å². The summed E-state index contributed by atoms with van der Waals surface area (Å²) < 4.78 is 0. The maximum absolute atomic E-state index is 12.5. The summed E-state index contributed by atoms with van der Waals surface area (Å²) in [5, 5.41) is 8.99. The summed E-state index contributed by atoms with van der Waals surface area (Å²) in [5.41, 5.74) is 0.0310. The van der Waals surface area contributed by atoms with Gasteiger partial charge < -0.3 is 14.9 Å². The van der Waals surface area contributed by atoms with Gasteiger partial charge in [0, 0.05) is 32.6 Å². The molecular formula is C18H23N3O4. The zero-order valence-corrected chi connectivity index (χ0v) is 14.2. The molecule has 7 nitrogen and oxygen atoms in total. The minimum atomic E-state index is -1.14. The Bertz CT molecular complexity index is 662. The molecule has 0 atom stereocenters. The van der Waals surface area contributed by atoms with E-state index < -0.39 is 5.97 Å². The van der Waals surface area contributed by atoms with Crippen LogP contribution in [0.3, 0.4) is 0 Å². The standard InChI is InChI=1S/C18H23N3O4/c22-16(20-8-1-2-9-20)12-13-6-10-21(11-7-13)17(23)14-4-3-5-15(19-14)18(24)25/h3-5,13H,1-2,6-12H2,(H,24,25). The number of likely N-dealkylation sites (tertiary alicyclic amines) is 2. The van der Waals surface area contributed by atoms with Gasteiger partial charge in [-0.2, -0.15) is 0 Å². The molecule has 0 spiro atoms. The molecule has 0 saturated carbocycles. The highest BCUT2D eigenvalue weighted by Gasteiger charge is 2.28. The van der Waals surface area contributed by atoms with E-state index in [2.05, 4.69) is 4.98 Å². The van der Waals surface area contributed by atoms with Gasteiger partial charge in [-0.05, 0) is 43.7 Å². The molecule has 0 aliphatic carbocycles. The molecule has 0 aromatic carbocycles. The van der Waals surface area contributed by atoms with Crippen LogP contribution in [0.5, 0.6) is 0 Å². The molecule has 2 aliphatic rings. The number of carbonyl (C=O) groups excluding carboxylic acids is 2. The van der Waals surface area contributed by atoms with Crippen LogP contribution in [0.25, 0.3) is 0 Å². The summed E-state index contributed by atoms with van der Waals surface area (Å²) in [7, 11) is 0. The lowest BCUT2D eigenvalue weighted by molar-refractivity contribution is -0.131. The predicted octanol–water partition coefficient (Wildman–Crippen LogP) is 1.64. The van der Waals surface area contributed by atoms with Crippen LogP contribution in [-0.2, 0) is 4.79 Å². The molecule has 2 aliphatic heterocycles. The lowest BCUT2D eigenvalue weighted by Crippen LogP contribution is -2.40. The molecule has 0 radical (unpaired) electrons. The van der Waals surface area contributed by atoms with E-state index in [4.69, 9.17) is 5.11 Å². The second-order valence-corrected chi connectivity index (χ2v) is 6.74. The first-order valence-corrected chi connectivity index (χ1v) is 8.82. The molecule has 25 heavy (non-hydrogen) atoms. The van der Waals surface area contributed by atoms with Gasteiger partial charge in [-0.15, -0.1) is 0 Å². The van der Waals surface area contributed by atoms with Crippen LogP contribution < -0.4 is 0 Å². The van der Waals surface area contributed by atoms with Crippen LogP contribution in [0.2, 0.25) is 0 Å². The quantitative estimate of drug-likeness (QED) is 0.896. The maximum atomic E-state index is 12.5. The zero-order chi connectivity index (χ0) is 17.8. The number of carboxylic acids is 1. The van der Waals surface area contributed by atoms with E-state index >= 15 is 0 Å². The highest BCUT2D eigenvalue weighted by molar-refractivity contribution is 5.94. The third-order valence-corrected chi connectivity index (χ3v) is 5.01. The predicted molar refractivity (Wildman–Crippen MR) is 90.3 cm³/mol. The zero-order valence-electron chi connectivity index (χ0n) is 14.2. The number of rotatable bonds is 4. The van der Waals surface area contributed by atoms with Crippen LogP contribution in [-0.4, -0.2) is 63.9 Å². The fraction of sp³-hybridized carbons (Fsp3) is 0.556. The fourth-order valence-electron chi connectivity index (χ4n) is 3.52. The van der Waals surface area contributed by atoms with Crippen molar-refractivity contribution in [2.45, 2.75) is 32.1 Å². The van der Waals surface area contributed by atoms with Crippen LogP contribution in [0, 0.1) is 5.92 Å². The van der Waals surface area contributed by atoms with Gasteiger partial charge in [0.1, 0.15) is 11.4 Å². The maximum Gasteiger partial charge on any atom is 0.354 e. The van der Waals surface area contributed by atoms with Crippen molar-refractivity contribution in [1.82, 2.24) is 14.8 Å². The van der Waals surface area contributed by atoms with Gasteiger partial charge >= 0.3 is 5.97 Å². The fourth-order valence-corrected chi connectivity index (χ4v) is 3.52. The normalized spacial score (nSPS) is 18.4. The molecule has 1 N–H and O–H groups in total. The lowest BCUT2D eigenvalue weighted by atomic mass is 9.93. The van der Waals surface area contributed by atoms with Crippen molar-refractivity contribution in [3.63, 3.8) is 0 Å². The summed E-state index contributed by atoms with van der Waals surface area (Å²) in [5.74, 6) is -0.838. The average molecular weight is 345 g/mol. The number of pyridine rings is 1.